The van der Waals surface area contributed by atoms with E-state index >= 15 is 0 Å². The molecular weight excluding hydrogens is 492 g/mol. The van der Waals surface area contributed by atoms with Gasteiger partial charge in [-0.05, 0) is 85.0 Å². The maximum atomic E-state index is 6.43. The van der Waals surface area contributed by atoms with Crippen molar-refractivity contribution < 1.29 is 9.15 Å². The van der Waals surface area contributed by atoms with E-state index in [1.807, 2.05) is 54.6 Å². The lowest BCUT2D eigenvalue weighted by Gasteiger charge is -2.30. The number of thiocarbonyl (C=S) groups is 1. The molecule has 2 aromatic carbocycles. The number of nitrogens with one attached hydrogen (secondary N) is 1. The van der Waals surface area contributed by atoms with Gasteiger partial charge in [0.1, 0.15) is 17.6 Å². The Hall–Kier alpha value is -3.39. The summed E-state index contributed by atoms with van der Waals surface area (Å²) in [6, 6.07) is 25.8. The molecule has 6 rings (SSSR count). The van der Waals surface area contributed by atoms with Crippen molar-refractivity contribution in [2.24, 2.45) is 0 Å². The number of rotatable bonds is 5. The molecule has 8 heteroatoms. The molecular formula is C28H25ClN4O2S. The van der Waals surface area contributed by atoms with Crippen LogP contribution < -0.4 is 15.1 Å². The number of anilines is 2. The van der Waals surface area contributed by atoms with Crippen LogP contribution in [-0.4, -0.2) is 36.4 Å². The quantitative estimate of drug-likeness (QED) is 0.326. The first-order valence-corrected chi connectivity index (χ1v) is 12.7. The van der Waals surface area contributed by atoms with Gasteiger partial charge >= 0.3 is 0 Å². The summed E-state index contributed by atoms with van der Waals surface area (Å²) in [5.74, 6) is 1.59. The predicted molar refractivity (Wildman–Crippen MR) is 147 cm³/mol. The Morgan fingerprint density at radius 3 is 2.36 bits per heavy atom. The molecule has 4 heterocycles. The highest BCUT2D eigenvalue weighted by atomic mass is 35.5. The predicted octanol–water partition coefficient (Wildman–Crippen LogP) is 6.01. The molecule has 0 aliphatic carbocycles. The molecule has 4 aromatic rings. The van der Waals surface area contributed by atoms with E-state index in [2.05, 4.69) is 44.4 Å². The van der Waals surface area contributed by atoms with Crippen molar-refractivity contribution in [1.82, 2.24) is 10.3 Å². The van der Waals surface area contributed by atoms with E-state index in [-0.39, 0.29) is 12.1 Å². The second kappa shape index (κ2) is 9.93. The van der Waals surface area contributed by atoms with Gasteiger partial charge in [0.05, 0.1) is 24.9 Å². The Morgan fingerprint density at radius 1 is 0.889 bits per heavy atom. The van der Waals surface area contributed by atoms with Crippen LogP contribution in [0.5, 0.6) is 0 Å². The number of benzene rings is 2. The number of nitrogens with zero attached hydrogens (tertiary/aromatic N) is 3. The van der Waals surface area contributed by atoms with Crippen LogP contribution in [-0.2, 0) is 4.74 Å². The van der Waals surface area contributed by atoms with Gasteiger partial charge in [-0.2, -0.15) is 0 Å². The van der Waals surface area contributed by atoms with Crippen LogP contribution in [0.1, 0.15) is 23.5 Å². The third kappa shape index (κ3) is 4.46. The lowest BCUT2D eigenvalue weighted by Crippen LogP contribution is -2.36. The van der Waals surface area contributed by atoms with Crippen molar-refractivity contribution in [2.45, 2.75) is 12.1 Å². The number of aromatic nitrogens is 1. The minimum Gasteiger partial charge on any atom is -0.459 e. The fourth-order valence-corrected chi connectivity index (χ4v) is 5.32. The first-order chi connectivity index (χ1) is 17.7. The molecule has 2 aliphatic heterocycles. The van der Waals surface area contributed by atoms with Crippen molar-refractivity contribution in [1.29, 1.82) is 0 Å². The van der Waals surface area contributed by atoms with Gasteiger partial charge in [-0.15, -0.1) is 0 Å². The monoisotopic (exact) mass is 516 g/mol. The van der Waals surface area contributed by atoms with Crippen LogP contribution in [0.4, 0.5) is 11.4 Å². The maximum absolute atomic E-state index is 6.43. The van der Waals surface area contributed by atoms with E-state index in [0.717, 1.165) is 54.8 Å². The Labute approximate surface area is 220 Å². The second-order valence-corrected chi connectivity index (χ2v) is 9.64. The zero-order valence-electron chi connectivity index (χ0n) is 19.5. The summed E-state index contributed by atoms with van der Waals surface area (Å²) in [6.07, 6.45) is 1.80. The fourth-order valence-electron chi connectivity index (χ4n) is 4.85. The number of morpholine rings is 1. The van der Waals surface area contributed by atoms with Crippen molar-refractivity contribution in [3.8, 4) is 11.3 Å². The molecule has 0 saturated carbocycles. The van der Waals surface area contributed by atoms with Crippen molar-refractivity contribution in [2.75, 3.05) is 36.1 Å². The van der Waals surface area contributed by atoms with Crippen LogP contribution in [0.2, 0.25) is 5.02 Å². The molecule has 6 nitrogen and oxygen atoms in total. The van der Waals surface area contributed by atoms with Gasteiger partial charge in [0.15, 0.2) is 5.11 Å². The molecule has 182 valence electrons. The van der Waals surface area contributed by atoms with Gasteiger partial charge in [-0.1, -0.05) is 17.7 Å². The molecule has 2 aliphatic rings. The third-order valence-corrected chi connectivity index (χ3v) is 7.22. The summed E-state index contributed by atoms with van der Waals surface area (Å²) < 4.78 is 11.9. The summed E-state index contributed by atoms with van der Waals surface area (Å²) in [5, 5.41) is 4.82. The van der Waals surface area contributed by atoms with Crippen LogP contribution >= 0.6 is 23.8 Å². The zero-order valence-corrected chi connectivity index (χ0v) is 21.1. The van der Waals surface area contributed by atoms with E-state index < -0.39 is 0 Å². The summed E-state index contributed by atoms with van der Waals surface area (Å²) in [5.41, 5.74) is 4.05. The fraction of sp³-hybridized carbons (Fsp3) is 0.214. The van der Waals surface area contributed by atoms with E-state index in [4.69, 9.17) is 33.0 Å². The molecule has 1 N–H and O–H groups in total. The Balaban J connectivity index is 1.37. The average Bonchev–Trinajstić information content (AvgIpc) is 3.55. The SMILES string of the molecule is S=C1N[C@@H](c2ccccn2)[C@@H](c2ccc(-c3ccc(Cl)cc3)o2)N1c1ccc(N2CCOCC2)cc1. The highest BCUT2D eigenvalue weighted by molar-refractivity contribution is 7.80. The molecule has 0 unspecified atom stereocenters. The second-order valence-electron chi connectivity index (χ2n) is 8.82. The normalized spacial score (nSPS) is 20.0. The Morgan fingerprint density at radius 2 is 1.64 bits per heavy atom. The van der Waals surface area contributed by atoms with E-state index in [9.17, 15) is 0 Å². The number of hydrogen-bond donors (Lipinski definition) is 1. The lowest BCUT2D eigenvalue weighted by molar-refractivity contribution is 0.122. The maximum Gasteiger partial charge on any atom is 0.174 e. The minimum atomic E-state index is -0.206. The first kappa shape index (κ1) is 23.0. The lowest BCUT2D eigenvalue weighted by atomic mass is 10.0. The van der Waals surface area contributed by atoms with E-state index in [1.54, 1.807) is 6.20 Å². The average molecular weight is 517 g/mol. The number of ether oxygens (including phenoxy) is 1. The number of furan rings is 1. The zero-order chi connectivity index (χ0) is 24.5. The Bertz CT molecular complexity index is 1340. The van der Waals surface area contributed by atoms with Crippen LogP contribution in [0.25, 0.3) is 11.3 Å². The van der Waals surface area contributed by atoms with Crippen molar-refractivity contribution >= 4 is 40.3 Å². The van der Waals surface area contributed by atoms with Gasteiger partial charge in [-0.25, -0.2) is 0 Å². The van der Waals surface area contributed by atoms with Crippen LogP contribution in [0, 0.1) is 0 Å². The smallest absolute Gasteiger partial charge is 0.174 e. The molecule has 0 bridgehead atoms. The van der Waals surface area contributed by atoms with Crippen LogP contribution in [0.3, 0.4) is 0 Å². The molecule has 0 radical (unpaired) electrons. The van der Waals surface area contributed by atoms with Gasteiger partial charge in [0.2, 0.25) is 0 Å². The van der Waals surface area contributed by atoms with Crippen LogP contribution in [0.15, 0.2) is 89.5 Å². The summed E-state index contributed by atoms with van der Waals surface area (Å²) in [6.45, 7) is 3.30. The first-order valence-electron chi connectivity index (χ1n) is 12.0. The standard InChI is InChI=1S/C28H25ClN4O2S/c29-20-6-4-19(5-7-20)24-12-13-25(35-24)27-26(23-3-1-2-14-30-23)31-28(36)33(27)22-10-8-21(9-11-22)32-15-17-34-18-16-32/h1-14,26-27H,15-18H2,(H,31,36)/t26-,27+/m0/s1. The molecule has 2 aromatic heterocycles. The Kier molecular flexibility index (Phi) is 6.35. The number of halogens is 1. The van der Waals surface area contributed by atoms with Gasteiger partial charge < -0.3 is 24.3 Å². The van der Waals surface area contributed by atoms with Crippen molar-refractivity contribution in [3.05, 3.63) is 102 Å². The molecule has 0 spiro atoms. The molecule has 0 amide bonds. The summed E-state index contributed by atoms with van der Waals surface area (Å²) in [4.78, 5) is 9.09. The number of pyridine rings is 1. The largest absolute Gasteiger partial charge is 0.459 e. The number of hydrogen-bond acceptors (Lipinski definition) is 5. The topological polar surface area (TPSA) is 53.8 Å². The van der Waals surface area contributed by atoms with Gasteiger partial charge in [0, 0.05) is 41.2 Å². The molecule has 2 atom stereocenters. The minimum absolute atomic E-state index is 0.165. The van der Waals surface area contributed by atoms with Crippen molar-refractivity contribution in [3.63, 3.8) is 0 Å². The molecule has 2 saturated heterocycles. The van der Waals surface area contributed by atoms with E-state index in [0.29, 0.717) is 10.1 Å². The summed E-state index contributed by atoms with van der Waals surface area (Å²) in [7, 11) is 0. The van der Waals surface area contributed by atoms with Gasteiger partial charge in [0.25, 0.3) is 0 Å². The van der Waals surface area contributed by atoms with E-state index in [1.165, 1.54) is 5.69 Å². The van der Waals surface area contributed by atoms with Gasteiger partial charge in [-0.3, -0.25) is 4.98 Å². The third-order valence-electron chi connectivity index (χ3n) is 6.65. The highest BCUT2D eigenvalue weighted by Crippen LogP contribution is 2.43. The molecule has 36 heavy (non-hydrogen) atoms. The summed E-state index contributed by atoms with van der Waals surface area (Å²) >= 11 is 11.9. The molecule has 2 fully saturated rings. The highest BCUT2D eigenvalue weighted by Gasteiger charge is 2.42.